The Morgan fingerprint density at radius 1 is 1.50 bits per heavy atom. The van der Waals surface area contributed by atoms with Crippen LogP contribution in [0.5, 0.6) is 0 Å². The molecule has 3 N–H and O–H groups in total. The van der Waals surface area contributed by atoms with Gasteiger partial charge in [0.05, 0.1) is 17.7 Å². The molecule has 0 saturated carbocycles. The quantitative estimate of drug-likeness (QED) is 0.607. The molecule has 0 radical (unpaired) electrons. The van der Waals surface area contributed by atoms with E-state index >= 15 is 0 Å². The lowest BCUT2D eigenvalue weighted by molar-refractivity contribution is 0.0952. The average Bonchev–Trinajstić information content (AvgIpc) is 2.41. The van der Waals surface area contributed by atoms with Crippen LogP contribution in [0.4, 0.5) is 0 Å². The van der Waals surface area contributed by atoms with Gasteiger partial charge in [0, 0.05) is 18.9 Å². The average molecular weight is 245 g/mol. The van der Waals surface area contributed by atoms with Gasteiger partial charge in [-0.05, 0) is 12.5 Å². The highest BCUT2D eigenvalue weighted by Crippen LogP contribution is 2.05. The molecule has 0 aliphatic rings. The molecule has 18 heavy (non-hydrogen) atoms. The van der Waals surface area contributed by atoms with Crippen LogP contribution in [0.3, 0.4) is 0 Å². The van der Waals surface area contributed by atoms with Gasteiger partial charge in [-0.25, -0.2) is 0 Å². The molecule has 0 aliphatic carbocycles. The normalized spacial score (nSPS) is 9.44. The van der Waals surface area contributed by atoms with E-state index in [4.69, 9.17) is 5.73 Å². The van der Waals surface area contributed by atoms with Gasteiger partial charge in [0.1, 0.15) is 0 Å². The fraction of sp³-hybridized carbons (Fsp3) is 0.429. The van der Waals surface area contributed by atoms with E-state index < -0.39 is 0 Å². The van der Waals surface area contributed by atoms with Gasteiger partial charge in [-0.1, -0.05) is 31.6 Å². The molecule has 0 aromatic carbocycles. The number of unbranched alkanes of at least 4 members (excludes halogenated alkanes) is 2. The first-order valence-electron chi connectivity index (χ1n) is 6.20. The summed E-state index contributed by atoms with van der Waals surface area (Å²) in [5.41, 5.74) is 6.50. The van der Waals surface area contributed by atoms with Crippen molar-refractivity contribution in [3.05, 3.63) is 29.6 Å². The third kappa shape index (κ3) is 4.56. The molecular formula is C14H19N3O. The molecule has 0 unspecified atom stereocenters. The minimum Gasteiger partial charge on any atom is -0.352 e. The lowest BCUT2D eigenvalue weighted by Crippen LogP contribution is -2.25. The number of pyridine rings is 1. The predicted molar refractivity (Wildman–Crippen MR) is 72.0 cm³/mol. The zero-order valence-corrected chi connectivity index (χ0v) is 10.7. The second-order valence-corrected chi connectivity index (χ2v) is 3.89. The number of carbonyl (C=O) groups is 1. The van der Waals surface area contributed by atoms with Crippen molar-refractivity contribution in [3.63, 3.8) is 0 Å². The van der Waals surface area contributed by atoms with Crippen molar-refractivity contribution in [2.24, 2.45) is 5.73 Å². The Hall–Kier alpha value is -1.86. The highest BCUT2D eigenvalue weighted by Gasteiger charge is 2.08. The molecule has 0 atom stereocenters. The third-order valence-electron chi connectivity index (χ3n) is 2.46. The van der Waals surface area contributed by atoms with Crippen molar-refractivity contribution in [1.29, 1.82) is 0 Å². The SMILES string of the molecule is CCCCCNC(=O)c1ccncc1C#CCN. The molecule has 0 saturated heterocycles. The van der Waals surface area contributed by atoms with Crippen molar-refractivity contribution < 1.29 is 4.79 Å². The Bertz CT molecular complexity index is 446. The fourth-order valence-electron chi connectivity index (χ4n) is 1.51. The van der Waals surface area contributed by atoms with E-state index in [9.17, 15) is 4.79 Å². The number of hydrogen-bond donors (Lipinski definition) is 2. The molecule has 1 heterocycles. The Morgan fingerprint density at radius 2 is 2.33 bits per heavy atom. The zero-order valence-electron chi connectivity index (χ0n) is 10.7. The van der Waals surface area contributed by atoms with Gasteiger partial charge in [-0.3, -0.25) is 9.78 Å². The molecule has 4 heteroatoms. The van der Waals surface area contributed by atoms with Crippen molar-refractivity contribution in [3.8, 4) is 11.8 Å². The topological polar surface area (TPSA) is 68.0 Å². The van der Waals surface area contributed by atoms with E-state index in [2.05, 4.69) is 29.1 Å². The van der Waals surface area contributed by atoms with Gasteiger partial charge < -0.3 is 11.1 Å². The molecule has 4 nitrogen and oxygen atoms in total. The lowest BCUT2D eigenvalue weighted by Gasteiger charge is -2.06. The van der Waals surface area contributed by atoms with Crippen molar-refractivity contribution in [1.82, 2.24) is 10.3 Å². The number of nitrogens with zero attached hydrogens (tertiary/aromatic N) is 1. The Balaban J connectivity index is 2.67. The summed E-state index contributed by atoms with van der Waals surface area (Å²) in [4.78, 5) is 15.9. The highest BCUT2D eigenvalue weighted by molar-refractivity contribution is 5.96. The van der Waals surface area contributed by atoms with Crippen molar-refractivity contribution >= 4 is 5.91 Å². The first kappa shape index (κ1) is 14.2. The zero-order chi connectivity index (χ0) is 13.2. The van der Waals surface area contributed by atoms with Crippen LogP contribution in [0.1, 0.15) is 42.1 Å². The number of carbonyl (C=O) groups excluding carboxylic acids is 1. The van der Waals surface area contributed by atoms with Gasteiger partial charge in [-0.2, -0.15) is 0 Å². The molecule has 1 aromatic heterocycles. The van der Waals surface area contributed by atoms with Crippen LogP contribution in [-0.4, -0.2) is 24.0 Å². The van der Waals surface area contributed by atoms with Crippen LogP contribution >= 0.6 is 0 Å². The smallest absolute Gasteiger partial charge is 0.252 e. The van der Waals surface area contributed by atoms with Crippen LogP contribution in [-0.2, 0) is 0 Å². The first-order valence-corrected chi connectivity index (χ1v) is 6.20. The number of amides is 1. The van der Waals surface area contributed by atoms with E-state index in [-0.39, 0.29) is 12.5 Å². The molecule has 0 aliphatic heterocycles. The van der Waals surface area contributed by atoms with Gasteiger partial charge in [0.25, 0.3) is 5.91 Å². The maximum Gasteiger partial charge on any atom is 0.252 e. The summed E-state index contributed by atoms with van der Waals surface area (Å²) in [6, 6.07) is 1.68. The first-order chi connectivity index (χ1) is 8.79. The summed E-state index contributed by atoms with van der Waals surface area (Å²) in [6.45, 7) is 3.09. The van der Waals surface area contributed by atoms with Crippen molar-refractivity contribution in [2.75, 3.05) is 13.1 Å². The predicted octanol–water partition coefficient (Wildman–Crippen LogP) is 1.31. The maximum absolute atomic E-state index is 12.0. The molecule has 0 fully saturated rings. The monoisotopic (exact) mass is 245 g/mol. The molecule has 0 spiro atoms. The maximum atomic E-state index is 12.0. The number of aromatic nitrogens is 1. The van der Waals surface area contributed by atoms with E-state index in [0.29, 0.717) is 17.7 Å². The Kier molecular flexibility index (Phi) is 6.52. The van der Waals surface area contributed by atoms with Crippen molar-refractivity contribution in [2.45, 2.75) is 26.2 Å². The van der Waals surface area contributed by atoms with E-state index in [1.807, 2.05) is 0 Å². The highest BCUT2D eigenvalue weighted by atomic mass is 16.1. The third-order valence-corrected chi connectivity index (χ3v) is 2.46. The molecule has 1 amide bonds. The van der Waals surface area contributed by atoms with E-state index in [0.717, 1.165) is 19.3 Å². The van der Waals surface area contributed by atoms with Gasteiger partial charge in [-0.15, -0.1) is 0 Å². The Labute approximate surface area is 108 Å². The molecule has 96 valence electrons. The van der Waals surface area contributed by atoms with Crippen LogP contribution in [0, 0.1) is 11.8 Å². The summed E-state index contributed by atoms with van der Waals surface area (Å²) in [5.74, 6) is 5.49. The molecule has 1 rings (SSSR count). The second-order valence-electron chi connectivity index (χ2n) is 3.89. The molecule has 0 bridgehead atoms. The molecule has 1 aromatic rings. The summed E-state index contributed by atoms with van der Waals surface area (Å²) in [7, 11) is 0. The number of rotatable bonds is 5. The van der Waals surface area contributed by atoms with Crippen LogP contribution in [0.25, 0.3) is 0 Å². The summed E-state index contributed by atoms with van der Waals surface area (Å²) < 4.78 is 0. The minimum atomic E-state index is -0.102. The van der Waals surface area contributed by atoms with Crippen LogP contribution in [0.2, 0.25) is 0 Å². The Morgan fingerprint density at radius 3 is 3.06 bits per heavy atom. The standard InChI is InChI=1S/C14H19N3O/c1-2-3-4-9-17-14(18)13-7-10-16-11-12(13)6-5-8-15/h7,10-11H,2-4,8-9,15H2,1H3,(H,17,18). The van der Waals surface area contributed by atoms with Gasteiger partial charge in [0.15, 0.2) is 0 Å². The summed E-state index contributed by atoms with van der Waals surface area (Å²) in [5, 5.41) is 2.88. The fourth-order valence-corrected chi connectivity index (χ4v) is 1.51. The van der Waals surface area contributed by atoms with Gasteiger partial charge >= 0.3 is 0 Å². The van der Waals surface area contributed by atoms with E-state index in [1.165, 1.54) is 0 Å². The largest absolute Gasteiger partial charge is 0.352 e. The summed E-state index contributed by atoms with van der Waals surface area (Å²) >= 11 is 0. The number of nitrogens with two attached hydrogens (primary N) is 1. The minimum absolute atomic E-state index is 0.102. The van der Waals surface area contributed by atoms with Crippen LogP contribution < -0.4 is 11.1 Å². The van der Waals surface area contributed by atoms with E-state index in [1.54, 1.807) is 18.5 Å². The number of nitrogens with one attached hydrogen (secondary N) is 1. The second kappa shape index (κ2) is 8.26. The summed E-state index contributed by atoms with van der Waals surface area (Å²) in [6.07, 6.45) is 6.43. The lowest BCUT2D eigenvalue weighted by atomic mass is 10.1. The molecular weight excluding hydrogens is 226 g/mol. The number of hydrogen-bond acceptors (Lipinski definition) is 3. The van der Waals surface area contributed by atoms with Gasteiger partial charge in [0.2, 0.25) is 0 Å². The van der Waals surface area contributed by atoms with Crippen LogP contribution in [0.15, 0.2) is 18.5 Å².